The first-order valence-electron chi connectivity index (χ1n) is 12.2. The average molecular weight is 517 g/mol. The molecule has 1 N–H and O–H groups in total. The Kier molecular flexibility index (Phi) is 6.53. The lowest BCUT2D eigenvalue weighted by atomic mass is 10.1. The van der Waals surface area contributed by atoms with Crippen LogP contribution in [-0.4, -0.2) is 66.6 Å². The summed E-state index contributed by atoms with van der Waals surface area (Å²) in [7, 11) is 2.91. The third-order valence-electron chi connectivity index (χ3n) is 6.78. The fourth-order valence-electron chi connectivity index (χ4n) is 4.55. The summed E-state index contributed by atoms with van der Waals surface area (Å²) in [6, 6.07) is 11.2. The van der Waals surface area contributed by atoms with Crippen LogP contribution >= 0.6 is 0 Å². The van der Waals surface area contributed by atoms with Gasteiger partial charge in [-0.2, -0.15) is 0 Å². The molecule has 12 nitrogen and oxygen atoms in total. The number of nitrogens with one attached hydrogen (secondary N) is 1. The summed E-state index contributed by atoms with van der Waals surface area (Å²) in [5, 5.41) is 2.73. The highest BCUT2D eigenvalue weighted by Crippen LogP contribution is 2.19. The van der Waals surface area contributed by atoms with Crippen LogP contribution in [0.1, 0.15) is 15.9 Å². The number of hydrogen-bond acceptors (Lipinski definition) is 7. The van der Waals surface area contributed by atoms with Crippen molar-refractivity contribution in [3.8, 4) is 0 Å². The maximum Gasteiger partial charge on any atom is 0.332 e. The molecule has 0 spiro atoms. The third kappa shape index (κ3) is 4.67. The lowest BCUT2D eigenvalue weighted by Crippen LogP contribution is -2.48. The number of imidazole rings is 1. The minimum atomic E-state index is -0.517. The fourth-order valence-corrected chi connectivity index (χ4v) is 4.55. The molecule has 0 atom stereocenters. The number of hydrogen-bond donors (Lipinski definition) is 1. The van der Waals surface area contributed by atoms with E-state index in [2.05, 4.69) is 20.2 Å². The number of piperazine rings is 1. The Morgan fingerprint density at radius 3 is 2.29 bits per heavy atom. The normalized spacial score (nSPS) is 13.7. The van der Waals surface area contributed by atoms with Crippen molar-refractivity contribution in [2.45, 2.75) is 13.5 Å². The average Bonchev–Trinajstić information content (AvgIpc) is 3.34. The smallest absolute Gasteiger partial charge is 0.332 e. The molecule has 4 aromatic rings. The number of amides is 2. The summed E-state index contributed by atoms with van der Waals surface area (Å²) in [4.78, 5) is 62.6. The lowest BCUT2D eigenvalue weighted by Gasteiger charge is -2.36. The maximum atomic E-state index is 12.8. The highest BCUT2D eigenvalue weighted by atomic mass is 16.2. The van der Waals surface area contributed by atoms with Crippen LogP contribution < -0.4 is 21.5 Å². The number of aryl methyl sites for hydroxylation is 2. The van der Waals surface area contributed by atoms with Gasteiger partial charge in [0.25, 0.3) is 11.5 Å². The standard InChI is InChI=1S/C26H28N8O4/c1-17-4-6-18(7-5-17)24(36)33-12-10-32(11-13-33)19-8-9-20(27-14-19)29-21(35)15-34-16-28-23-22(34)25(37)31(3)26(38)30(23)2/h4-9,14,16H,10-13,15H2,1-3H3,(H,27,29,35). The third-order valence-corrected chi connectivity index (χ3v) is 6.78. The van der Waals surface area contributed by atoms with E-state index >= 15 is 0 Å². The van der Waals surface area contributed by atoms with E-state index in [1.54, 1.807) is 12.3 Å². The predicted molar refractivity (Wildman–Crippen MR) is 142 cm³/mol. The molecule has 1 saturated heterocycles. The van der Waals surface area contributed by atoms with Crippen LogP contribution in [-0.2, 0) is 25.4 Å². The van der Waals surface area contributed by atoms with Gasteiger partial charge < -0.3 is 19.7 Å². The van der Waals surface area contributed by atoms with Gasteiger partial charge in [0, 0.05) is 45.8 Å². The Morgan fingerprint density at radius 1 is 0.921 bits per heavy atom. The second-order valence-corrected chi connectivity index (χ2v) is 9.35. The zero-order chi connectivity index (χ0) is 27.0. The molecule has 12 heteroatoms. The summed E-state index contributed by atoms with van der Waals surface area (Å²) in [5.41, 5.74) is 2.10. The second kappa shape index (κ2) is 9.96. The van der Waals surface area contributed by atoms with E-state index in [0.717, 1.165) is 15.8 Å². The molecular weight excluding hydrogens is 488 g/mol. The van der Waals surface area contributed by atoms with Gasteiger partial charge in [-0.25, -0.2) is 14.8 Å². The Bertz CT molecular complexity index is 1630. The molecule has 1 aliphatic heterocycles. The molecule has 1 aliphatic rings. The molecule has 1 aromatic carbocycles. The van der Waals surface area contributed by atoms with Crippen molar-refractivity contribution < 1.29 is 9.59 Å². The SMILES string of the molecule is Cc1ccc(C(=O)N2CCN(c3ccc(NC(=O)Cn4cnc5c4c(=O)n(C)c(=O)n5C)nc3)CC2)cc1. The van der Waals surface area contributed by atoms with Crippen LogP contribution in [0.4, 0.5) is 11.5 Å². The topological polar surface area (TPSA) is 127 Å². The molecular formula is C26H28N8O4. The largest absolute Gasteiger partial charge is 0.367 e. The Morgan fingerprint density at radius 2 is 1.63 bits per heavy atom. The fraction of sp³-hybridized carbons (Fsp3) is 0.308. The van der Waals surface area contributed by atoms with Crippen molar-refractivity contribution in [2.75, 3.05) is 36.4 Å². The van der Waals surface area contributed by atoms with Gasteiger partial charge >= 0.3 is 5.69 Å². The van der Waals surface area contributed by atoms with Gasteiger partial charge in [-0.05, 0) is 31.2 Å². The monoisotopic (exact) mass is 516 g/mol. The molecule has 0 aliphatic carbocycles. The maximum absolute atomic E-state index is 12.8. The Labute approximate surface area is 217 Å². The van der Waals surface area contributed by atoms with E-state index in [-0.39, 0.29) is 29.5 Å². The van der Waals surface area contributed by atoms with E-state index in [4.69, 9.17) is 0 Å². The van der Waals surface area contributed by atoms with Crippen molar-refractivity contribution in [3.05, 3.63) is 80.9 Å². The summed E-state index contributed by atoms with van der Waals surface area (Å²) in [5.74, 6) is 0.0203. The quantitative estimate of drug-likeness (QED) is 0.414. The number of benzene rings is 1. The highest BCUT2D eigenvalue weighted by Gasteiger charge is 2.22. The first-order chi connectivity index (χ1) is 18.2. The van der Waals surface area contributed by atoms with E-state index in [0.29, 0.717) is 37.6 Å². The van der Waals surface area contributed by atoms with Gasteiger partial charge in [-0.1, -0.05) is 17.7 Å². The van der Waals surface area contributed by atoms with Gasteiger partial charge in [0.05, 0.1) is 18.2 Å². The Hall–Kier alpha value is -4.74. The second-order valence-electron chi connectivity index (χ2n) is 9.35. The van der Waals surface area contributed by atoms with Gasteiger partial charge in [0.2, 0.25) is 5.91 Å². The number of nitrogens with zero attached hydrogens (tertiary/aromatic N) is 7. The predicted octanol–water partition coefficient (Wildman–Crippen LogP) is 0.738. The summed E-state index contributed by atoms with van der Waals surface area (Å²) in [6.45, 7) is 4.40. The van der Waals surface area contributed by atoms with Crippen molar-refractivity contribution in [1.29, 1.82) is 0 Å². The first-order valence-corrected chi connectivity index (χ1v) is 12.2. The van der Waals surface area contributed by atoms with E-state index in [1.807, 2.05) is 42.2 Å². The first kappa shape index (κ1) is 24.9. The number of anilines is 2. The zero-order valence-corrected chi connectivity index (χ0v) is 21.4. The molecule has 0 bridgehead atoms. The van der Waals surface area contributed by atoms with Crippen molar-refractivity contribution in [1.82, 2.24) is 28.6 Å². The van der Waals surface area contributed by atoms with Crippen LogP contribution in [0.2, 0.25) is 0 Å². The van der Waals surface area contributed by atoms with Gasteiger partial charge in [0.15, 0.2) is 11.2 Å². The van der Waals surface area contributed by atoms with E-state index in [1.165, 1.54) is 29.6 Å². The molecule has 2 amide bonds. The van der Waals surface area contributed by atoms with Crippen LogP contribution in [0.15, 0.2) is 58.5 Å². The van der Waals surface area contributed by atoms with Crippen molar-refractivity contribution in [2.24, 2.45) is 14.1 Å². The number of fused-ring (bicyclic) bond motifs is 1. The summed E-state index contributed by atoms with van der Waals surface area (Å²) < 4.78 is 3.67. The summed E-state index contributed by atoms with van der Waals surface area (Å²) in [6.07, 6.45) is 3.05. The molecule has 38 heavy (non-hydrogen) atoms. The molecule has 1 fully saturated rings. The molecule has 3 aromatic heterocycles. The minimum Gasteiger partial charge on any atom is -0.367 e. The molecule has 4 heterocycles. The number of rotatable bonds is 5. The summed E-state index contributed by atoms with van der Waals surface area (Å²) >= 11 is 0. The Balaban J connectivity index is 1.19. The number of aromatic nitrogens is 5. The number of pyridine rings is 1. The van der Waals surface area contributed by atoms with E-state index in [9.17, 15) is 19.2 Å². The molecule has 196 valence electrons. The molecule has 0 saturated carbocycles. The molecule has 5 rings (SSSR count). The van der Waals surface area contributed by atoms with Crippen LogP contribution in [0.3, 0.4) is 0 Å². The van der Waals surface area contributed by atoms with Crippen LogP contribution in [0.25, 0.3) is 11.2 Å². The lowest BCUT2D eigenvalue weighted by molar-refractivity contribution is -0.116. The highest BCUT2D eigenvalue weighted by molar-refractivity contribution is 5.94. The van der Waals surface area contributed by atoms with E-state index < -0.39 is 11.2 Å². The van der Waals surface area contributed by atoms with Crippen LogP contribution in [0, 0.1) is 6.92 Å². The molecule has 0 unspecified atom stereocenters. The van der Waals surface area contributed by atoms with Crippen LogP contribution in [0.5, 0.6) is 0 Å². The molecule has 0 radical (unpaired) electrons. The van der Waals surface area contributed by atoms with Gasteiger partial charge in [-0.15, -0.1) is 0 Å². The van der Waals surface area contributed by atoms with Crippen molar-refractivity contribution >= 4 is 34.5 Å². The van der Waals surface area contributed by atoms with Gasteiger partial charge in [-0.3, -0.25) is 23.5 Å². The van der Waals surface area contributed by atoms with Gasteiger partial charge in [0.1, 0.15) is 12.4 Å². The zero-order valence-electron chi connectivity index (χ0n) is 21.4. The number of carbonyl (C=O) groups excluding carboxylic acids is 2. The van der Waals surface area contributed by atoms with Crippen molar-refractivity contribution in [3.63, 3.8) is 0 Å². The number of carbonyl (C=O) groups is 2. The minimum absolute atomic E-state index is 0.0339.